The zero-order chi connectivity index (χ0) is 27.8. The molecule has 0 saturated carbocycles. The molecule has 39 heavy (non-hydrogen) atoms. The minimum atomic E-state index is -1.28. The summed E-state index contributed by atoms with van der Waals surface area (Å²) >= 11 is 0. The van der Waals surface area contributed by atoms with Crippen LogP contribution in [0.2, 0.25) is 0 Å². The summed E-state index contributed by atoms with van der Waals surface area (Å²) in [7, 11) is 0. The fourth-order valence-corrected chi connectivity index (χ4v) is 7.36. The Balaban J connectivity index is 1.55. The number of ether oxygens (including phenoxy) is 2. The van der Waals surface area contributed by atoms with Crippen LogP contribution in [0, 0.1) is 11.8 Å². The van der Waals surface area contributed by atoms with Gasteiger partial charge in [-0.15, -0.1) is 0 Å². The van der Waals surface area contributed by atoms with Crippen LogP contribution in [0.25, 0.3) is 0 Å². The predicted octanol–water partition coefficient (Wildman–Crippen LogP) is 0.657. The van der Waals surface area contributed by atoms with Gasteiger partial charge >= 0.3 is 0 Å². The van der Waals surface area contributed by atoms with Gasteiger partial charge in [0.1, 0.15) is 11.6 Å². The molecule has 3 saturated heterocycles. The van der Waals surface area contributed by atoms with Gasteiger partial charge in [-0.3, -0.25) is 19.3 Å². The highest BCUT2D eigenvalue weighted by molar-refractivity contribution is 6.00. The van der Waals surface area contributed by atoms with Gasteiger partial charge in [-0.2, -0.15) is 0 Å². The Morgan fingerprint density at radius 1 is 0.923 bits per heavy atom. The highest BCUT2D eigenvalue weighted by Crippen LogP contribution is 2.59. The van der Waals surface area contributed by atoms with Crippen molar-refractivity contribution in [2.75, 3.05) is 65.6 Å². The molecule has 10 heteroatoms. The molecule has 3 amide bonds. The summed E-state index contributed by atoms with van der Waals surface area (Å²) in [5.41, 5.74) is -2.25. The number of fused-ring (bicyclic) bond motifs is 2. The van der Waals surface area contributed by atoms with Crippen molar-refractivity contribution in [2.24, 2.45) is 11.8 Å². The molecular weight excluding hydrogens is 500 g/mol. The van der Waals surface area contributed by atoms with E-state index in [2.05, 4.69) is 4.90 Å². The highest BCUT2D eigenvalue weighted by atomic mass is 16.5. The Bertz CT molecular complexity index is 1010. The van der Waals surface area contributed by atoms with Crippen LogP contribution in [0.1, 0.15) is 40.0 Å². The van der Waals surface area contributed by atoms with Crippen LogP contribution in [-0.2, 0) is 23.9 Å². The quantitative estimate of drug-likeness (QED) is 0.426. The SMILES string of the molecule is CCCN1CC=C[C@]2(CC)O[C@]34C=CCN(CCN5CCOCC5)C(=O)C3N([C@@H](CC)CO)C(=O)[C@@H]4[C@@H]2C1=O. The first-order valence-corrected chi connectivity index (χ1v) is 14.7. The predicted molar refractivity (Wildman–Crippen MR) is 145 cm³/mol. The largest absolute Gasteiger partial charge is 0.394 e. The van der Waals surface area contributed by atoms with Crippen molar-refractivity contribution in [3.8, 4) is 0 Å². The first kappa shape index (κ1) is 28.3. The Hall–Kier alpha value is -2.27. The van der Waals surface area contributed by atoms with Gasteiger partial charge < -0.3 is 29.3 Å². The summed E-state index contributed by atoms with van der Waals surface area (Å²) in [6.07, 6.45) is 9.59. The lowest BCUT2D eigenvalue weighted by Gasteiger charge is -2.41. The number of aliphatic hydroxyl groups is 1. The Morgan fingerprint density at radius 3 is 2.26 bits per heavy atom. The van der Waals surface area contributed by atoms with E-state index in [4.69, 9.17) is 9.47 Å². The normalized spacial score (nSPS) is 35.6. The molecule has 5 heterocycles. The number of carbonyl (C=O) groups excluding carboxylic acids is 3. The van der Waals surface area contributed by atoms with E-state index in [1.807, 2.05) is 50.0 Å². The molecule has 5 aliphatic rings. The standard InChI is InChI=1S/C29H44N4O6/c1-4-11-31-12-7-9-28(6-3)22(25(31)35)23-26(36)33(21(5-2)20-34)24-27(37)32(13-8-10-29(23,24)39-28)15-14-30-16-18-38-19-17-30/h7-10,21-24,34H,4-6,11-20H2,1-3H3/t21-,22+,23-,24?,28-,29-/m0/s1. The number of carbonyl (C=O) groups is 3. The average molecular weight is 545 g/mol. The third kappa shape index (κ3) is 4.53. The lowest BCUT2D eigenvalue weighted by molar-refractivity contribution is -0.157. The van der Waals surface area contributed by atoms with Crippen LogP contribution in [0.3, 0.4) is 0 Å². The zero-order valence-electron chi connectivity index (χ0n) is 23.6. The molecule has 10 nitrogen and oxygen atoms in total. The van der Waals surface area contributed by atoms with E-state index in [-0.39, 0.29) is 24.3 Å². The summed E-state index contributed by atoms with van der Waals surface area (Å²) in [6, 6.07) is -1.48. The van der Waals surface area contributed by atoms with Crippen molar-refractivity contribution in [1.29, 1.82) is 0 Å². The third-order valence-corrected chi connectivity index (χ3v) is 9.40. The molecular formula is C29H44N4O6. The Morgan fingerprint density at radius 2 is 1.62 bits per heavy atom. The minimum Gasteiger partial charge on any atom is -0.394 e. The second kappa shape index (κ2) is 11.3. The van der Waals surface area contributed by atoms with Gasteiger partial charge in [-0.25, -0.2) is 0 Å². The maximum atomic E-state index is 14.4. The summed E-state index contributed by atoms with van der Waals surface area (Å²) in [5, 5.41) is 10.3. The molecule has 0 bridgehead atoms. The molecule has 3 fully saturated rings. The molecule has 216 valence electrons. The Kier molecular flexibility index (Phi) is 8.20. The van der Waals surface area contributed by atoms with Crippen molar-refractivity contribution in [3.63, 3.8) is 0 Å². The maximum Gasteiger partial charge on any atom is 0.249 e. The van der Waals surface area contributed by atoms with Gasteiger partial charge in [0.15, 0.2) is 0 Å². The van der Waals surface area contributed by atoms with Gasteiger partial charge in [0.2, 0.25) is 17.7 Å². The van der Waals surface area contributed by atoms with Crippen molar-refractivity contribution >= 4 is 17.7 Å². The number of likely N-dealkylation sites (tertiary alicyclic amines) is 1. The van der Waals surface area contributed by atoms with Crippen LogP contribution in [0.15, 0.2) is 24.3 Å². The molecule has 0 aromatic heterocycles. The summed E-state index contributed by atoms with van der Waals surface area (Å²) in [5.74, 6) is -2.11. The van der Waals surface area contributed by atoms with Gasteiger partial charge in [-0.05, 0) is 19.3 Å². The monoisotopic (exact) mass is 544 g/mol. The number of rotatable bonds is 9. The summed E-state index contributed by atoms with van der Waals surface area (Å²) in [4.78, 5) is 50.4. The fraction of sp³-hybridized carbons (Fsp3) is 0.759. The van der Waals surface area contributed by atoms with Crippen LogP contribution in [-0.4, -0.2) is 131 Å². The third-order valence-electron chi connectivity index (χ3n) is 9.40. The second-order valence-electron chi connectivity index (χ2n) is 11.4. The van der Waals surface area contributed by atoms with Gasteiger partial charge in [0, 0.05) is 45.8 Å². The van der Waals surface area contributed by atoms with E-state index in [9.17, 15) is 19.5 Å². The summed E-state index contributed by atoms with van der Waals surface area (Å²) in [6.45, 7) is 11.4. The van der Waals surface area contributed by atoms with Crippen molar-refractivity contribution < 1.29 is 29.0 Å². The molecule has 0 aliphatic carbocycles. The van der Waals surface area contributed by atoms with Crippen LogP contribution >= 0.6 is 0 Å². The molecule has 0 aromatic rings. The van der Waals surface area contributed by atoms with Gasteiger partial charge in [0.05, 0.1) is 43.3 Å². The second-order valence-corrected chi connectivity index (χ2v) is 11.4. The molecule has 5 rings (SSSR count). The fourth-order valence-electron chi connectivity index (χ4n) is 7.36. The highest BCUT2D eigenvalue weighted by Gasteiger charge is 2.75. The lowest BCUT2D eigenvalue weighted by atomic mass is 9.73. The smallest absolute Gasteiger partial charge is 0.249 e. The van der Waals surface area contributed by atoms with Crippen LogP contribution in [0.5, 0.6) is 0 Å². The number of hydrogen-bond acceptors (Lipinski definition) is 7. The van der Waals surface area contributed by atoms with Crippen LogP contribution in [0.4, 0.5) is 0 Å². The van der Waals surface area contributed by atoms with E-state index in [1.165, 1.54) is 0 Å². The van der Waals surface area contributed by atoms with Crippen molar-refractivity contribution in [3.05, 3.63) is 24.3 Å². The minimum absolute atomic E-state index is 0.0918. The molecule has 1 spiro atoms. The molecule has 1 N–H and O–H groups in total. The number of aliphatic hydroxyl groups excluding tert-OH is 1. The molecule has 0 radical (unpaired) electrons. The van der Waals surface area contributed by atoms with E-state index in [1.54, 1.807) is 9.80 Å². The first-order chi connectivity index (χ1) is 18.9. The zero-order valence-corrected chi connectivity index (χ0v) is 23.6. The molecule has 1 unspecified atom stereocenters. The average Bonchev–Trinajstić information content (AvgIpc) is 3.25. The van der Waals surface area contributed by atoms with Crippen molar-refractivity contribution in [1.82, 2.24) is 19.6 Å². The van der Waals surface area contributed by atoms with E-state index in [0.29, 0.717) is 58.8 Å². The van der Waals surface area contributed by atoms with E-state index >= 15 is 0 Å². The van der Waals surface area contributed by atoms with E-state index in [0.717, 1.165) is 19.5 Å². The Labute approximate surface area is 231 Å². The maximum absolute atomic E-state index is 14.4. The van der Waals surface area contributed by atoms with Crippen LogP contribution < -0.4 is 0 Å². The lowest BCUT2D eigenvalue weighted by Crippen LogP contribution is -2.59. The number of hydrogen-bond donors (Lipinski definition) is 1. The summed E-state index contributed by atoms with van der Waals surface area (Å²) < 4.78 is 12.5. The van der Waals surface area contributed by atoms with Gasteiger partial charge in [0.25, 0.3) is 0 Å². The first-order valence-electron chi connectivity index (χ1n) is 14.7. The number of amides is 3. The van der Waals surface area contributed by atoms with E-state index < -0.39 is 35.1 Å². The molecule has 6 atom stereocenters. The molecule has 5 aliphatic heterocycles. The molecule has 0 aromatic carbocycles. The van der Waals surface area contributed by atoms with Crippen molar-refractivity contribution in [2.45, 2.75) is 63.3 Å². The number of nitrogens with zero attached hydrogens (tertiary/aromatic N) is 4. The number of morpholine rings is 1. The topological polar surface area (TPSA) is 103 Å². The van der Waals surface area contributed by atoms with Gasteiger partial charge in [-0.1, -0.05) is 45.1 Å².